The van der Waals surface area contributed by atoms with Crippen molar-refractivity contribution in [3.63, 3.8) is 0 Å². The van der Waals surface area contributed by atoms with E-state index in [1.54, 1.807) is 0 Å². The molecule has 3 heteroatoms. The van der Waals surface area contributed by atoms with Gasteiger partial charge in [-0.15, -0.1) is 0 Å². The predicted octanol–water partition coefficient (Wildman–Crippen LogP) is 4.61. The molecule has 0 radical (unpaired) electrons. The summed E-state index contributed by atoms with van der Waals surface area (Å²) in [5.74, 6) is 0. The van der Waals surface area contributed by atoms with Crippen LogP contribution >= 0.6 is 12.2 Å². The number of para-hydroxylation sites is 1. The average Bonchev–Trinajstić information content (AvgIpc) is 2.50. The Hall–Kier alpha value is -1.87. The summed E-state index contributed by atoms with van der Waals surface area (Å²) >= 11 is 5.44. The predicted molar refractivity (Wildman–Crippen MR) is 99.5 cm³/mol. The molecule has 2 N–H and O–H groups in total. The van der Waals surface area contributed by atoms with Crippen molar-refractivity contribution in [2.45, 2.75) is 39.7 Å². The lowest BCUT2D eigenvalue weighted by atomic mass is 10.1. The summed E-state index contributed by atoms with van der Waals surface area (Å²) in [6, 6.07) is 17.1. The molecule has 0 aliphatic rings. The summed E-state index contributed by atoms with van der Waals surface area (Å²) in [5, 5.41) is 7.39. The molecule has 0 saturated heterocycles. The van der Waals surface area contributed by atoms with Gasteiger partial charge in [-0.2, -0.15) is 0 Å². The van der Waals surface area contributed by atoms with Gasteiger partial charge in [0.25, 0.3) is 0 Å². The smallest absolute Gasteiger partial charge is 0.171 e. The summed E-state index contributed by atoms with van der Waals surface area (Å²) in [4.78, 5) is 0. The highest BCUT2D eigenvalue weighted by Crippen LogP contribution is 2.19. The molecule has 0 spiro atoms. The van der Waals surface area contributed by atoms with E-state index in [0.29, 0.717) is 11.2 Å². The summed E-state index contributed by atoms with van der Waals surface area (Å²) in [6.45, 7) is 6.36. The van der Waals surface area contributed by atoms with Crippen LogP contribution in [0.15, 0.2) is 48.5 Å². The molecule has 2 rings (SSSR count). The minimum Gasteiger partial charge on any atom is -0.360 e. The first-order chi connectivity index (χ1) is 10.6. The molecule has 2 nitrogen and oxygen atoms in total. The van der Waals surface area contributed by atoms with Crippen molar-refractivity contribution in [2.75, 3.05) is 5.32 Å². The fourth-order valence-electron chi connectivity index (χ4n) is 2.49. The normalized spacial score (nSPS) is 11.8. The summed E-state index contributed by atoms with van der Waals surface area (Å²) < 4.78 is 0. The van der Waals surface area contributed by atoms with Crippen LogP contribution in [-0.4, -0.2) is 11.2 Å². The van der Waals surface area contributed by atoms with Crippen LogP contribution in [0.5, 0.6) is 0 Å². The van der Waals surface area contributed by atoms with E-state index >= 15 is 0 Å². The van der Waals surface area contributed by atoms with E-state index in [9.17, 15) is 0 Å². The van der Waals surface area contributed by atoms with E-state index in [1.807, 2.05) is 0 Å². The zero-order chi connectivity index (χ0) is 15.9. The Kier molecular flexibility index (Phi) is 5.96. The lowest BCUT2D eigenvalue weighted by Crippen LogP contribution is -2.36. The first-order valence-electron chi connectivity index (χ1n) is 7.74. The largest absolute Gasteiger partial charge is 0.360 e. The van der Waals surface area contributed by atoms with Gasteiger partial charge < -0.3 is 10.6 Å². The number of rotatable bonds is 5. The van der Waals surface area contributed by atoms with Crippen molar-refractivity contribution < 1.29 is 0 Å². The Balaban J connectivity index is 1.84. The molecular formula is C19H24N2S. The quantitative estimate of drug-likeness (QED) is 0.788. The molecule has 0 aliphatic heterocycles. The maximum absolute atomic E-state index is 5.44. The Morgan fingerprint density at radius 2 is 1.64 bits per heavy atom. The maximum Gasteiger partial charge on any atom is 0.171 e. The number of nitrogens with one attached hydrogen (secondary N) is 2. The van der Waals surface area contributed by atoms with Crippen LogP contribution in [0, 0.1) is 13.8 Å². The zero-order valence-electron chi connectivity index (χ0n) is 13.5. The highest BCUT2D eigenvalue weighted by molar-refractivity contribution is 7.80. The molecule has 22 heavy (non-hydrogen) atoms. The first-order valence-corrected chi connectivity index (χ1v) is 8.14. The van der Waals surface area contributed by atoms with E-state index in [1.165, 1.54) is 16.7 Å². The monoisotopic (exact) mass is 312 g/mol. The third kappa shape index (κ3) is 4.85. The molecule has 0 saturated carbocycles. The number of thiocarbonyl (C=S) groups is 1. The molecule has 0 fully saturated rings. The van der Waals surface area contributed by atoms with Crippen LogP contribution in [-0.2, 0) is 6.42 Å². The van der Waals surface area contributed by atoms with E-state index in [-0.39, 0.29) is 0 Å². The number of anilines is 1. The number of benzene rings is 2. The third-order valence-corrected chi connectivity index (χ3v) is 4.03. The Bertz CT molecular complexity index is 602. The Labute approximate surface area is 139 Å². The standard InChI is InChI=1S/C19H24N2S/c1-14-8-7-9-15(2)18(14)21-19(22)20-16(3)12-13-17-10-5-4-6-11-17/h4-11,16H,12-13H2,1-3H3,(H2,20,21,22)/t16-/m0/s1. The van der Waals surface area contributed by atoms with Crippen molar-refractivity contribution in [1.82, 2.24) is 5.32 Å². The molecule has 0 heterocycles. The fourth-order valence-corrected chi connectivity index (χ4v) is 2.79. The number of hydrogen-bond donors (Lipinski definition) is 2. The molecule has 0 bridgehead atoms. The van der Waals surface area contributed by atoms with Crippen LogP contribution < -0.4 is 10.6 Å². The number of aryl methyl sites for hydroxylation is 3. The molecule has 0 aromatic heterocycles. The van der Waals surface area contributed by atoms with E-state index in [0.717, 1.165) is 18.5 Å². The van der Waals surface area contributed by atoms with Crippen LogP contribution in [0.3, 0.4) is 0 Å². The van der Waals surface area contributed by atoms with Gasteiger partial charge in [-0.3, -0.25) is 0 Å². The van der Waals surface area contributed by atoms with Gasteiger partial charge in [0, 0.05) is 11.7 Å². The van der Waals surface area contributed by atoms with Gasteiger partial charge >= 0.3 is 0 Å². The van der Waals surface area contributed by atoms with Gasteiger partial charge in [-0.1, -0.05) is 48.5 Å². The van der Waals surface area contributed by atoms with Crippen LogP contribution in [0.4, 0.5) is 5.69 Å². The van der Waals surface area contributed by atoms with Gasteiger partial charge in [0.05, 0.1) is 0 Å². The summed E-state index contributed by atoms with van der Waals surface area (Å²) in [7, 11) is 0. The average molecular weight is 312 g/mol. The van der Waals surface area contributed by atoms with Gasteiger partial charge in [-0.05, 0) is 62.5 Å². The number of hydrogen-bond acceptors (Lipinski definition) is 1. The minimum atomic E-state index is 0.338. The van der Waals surface area contributed by atoms with Crippen LogP contribution in [0.1, 0.15) is 30.0 Å². The van der Waals surface area contributed by atoms with E-state index in [4.69, 9.17) is 12.2 Å². The molecule has 0 aliphatic carbocycles. The van der Waals surface area contributed by atoms with Crippen LogP contribution in [0.25, 0.3) is 0 Å². The lowest BCUT2D eigenvalue weighted by molar-refractivity contribution is 0.609. The summed E-state index contributed by atoms with van der Waals surface area (Å²) in [6.07, 6.45) is 2.11. The van der Waals surface area contributed by atoms with Gasteiger partial charge in [-0.25, -0.2) is 0 Å². The van der Waals surface area contributed by atoms with Crippen molar-refractivity contribution in [1.29, 1.82) is 0 Å². The maximum atomic E-state index is 5.44. The third-order valence-electron chi connectivity index (χ3n) is 3.81. The second-order valence-corrected chi connectivity index (χ2v) is 6.20. The molecular weight excluding hydrogens is 288 g/mol. The topological polar surface area (TPSA) is 24.1 Å². The van der Waals surface area contributed by atoms with Crippen molar-refractivity contribution in [3.05, 3.63) is 65.2 Å². The SMILES string of the molecule is Cc1cccc(C)c1NC(=S)N[C@@H](C)CCc1ccccc1. The lowest BCUT2D eigenvalue weighted by Gasteiger charge is -2.19. The van der Waals surface area contributed by atoms with Gasteiger partial charge in [0.1, 0.15) is 0 Å². The van der Waals surface area contributed by atoms with Crippen molar-refractivity contribution >= 4 is 23.0 Å². The Morgan fingerprint density at radius 1 is 1.00 bits per heavy atom. The molecule has 0 unspecified atom stereocenters. The fraction of sp³-hybridized carbons (Fsp3) is 0.316. The minimum absolute atomic E-state index is 0.338. The second kappa shape index (κ2) is 7.95. The van der Waals surface area contributed by atoms with Crippen molar-refractivity contribution in [3.8, 4) is 0 Å². The van der Waals surface area contributed by atoms with E-state index in [2.05, 4.69) is 79.9 Å². The Morgan fingerprint density at radius 3 is 2.27 bits per heavy atom. The summed E-state index contributed by atoms with van der Waals surface area (Å²) in [5.41, 5.74) is 4.89. The first kappa shape index (κ1) is 16.5. The molecule has 2 aromatic carbocycles. The molecule has 1 atom stereocenters. The zero-order valence-corrected chi connectivity index (χ0v) is 14.3. The van der Waals surface area contributed by atoms with Crippen LogP contribution in [0.2, 0.25) is 0 Å². The molecule has 2 aromatic rings. The molecule has 116 valence electrons. The molecule has 0 amide bonds. The second-order valence-electron chi connectivity index (χ2n) is 5.79. The van der Waals surface area contributed by atoms with Gasteiger partial charge in [0.2, 0.25) is 0 Å². The van der Waals surface area contributed by atoms with Gasteiger partial charge in [0.15, 0.2) is 5.11 Å². The highest BCUT2D eigenvalue weighted by Gasteiger charge is 2.07. The van der Waals surface area contributed by atoms with E-state index < -0.39 is 0 Å². The highest BCUT2D eigenvalue weighted by atomic mass is 32.1. The van der Waals surface area contributed by atoms with Crippen molar-refractivity contribution in [2.24, 2.45) is 0 Å².